The number of aliphatic hydroxyl groups excluding tert-OH is 6. The van der Waals surface area contributed by atoms with Crippen LogP contribution in [0.15, 0.2) is 35.5 Å². The minimum atomic E-state index is -1.24. The smallest absolute Gasteiger partial charge is 0.320 e. The summed E-state index contributed by atoms with van der Waals surface area (Å²) in [7, 11) is 3.23. The van der Waals surface area contributed by atoms with E-state index in [1.165, 1.54) is 12.7 Å². The van der Waals surface area contributed by atoms with Gasteiger partial charge in [-0.15, -0.1) is 0 Å². The zero-order valence-electron chi connectivity index (χ0n) is 75.7. The van der Waals surface area contributed by atoms with Crippen molar-refractivity contribution in [3.8, 4) is 0 Å². The van der Waals surface area contributed by atoms with E-state index in [2.05, 4.69) is 106 Å². The number of nitrogens with one attached hydrogen (secondary N) is 1. The van der Waals surface area contributed by atoms with Crippen molar-refractivity contribution in [3.05, 3.63) is 56.5 Å². The first-order chi connectivity index (χ1) is 61.2. The molecule has 51 heteroatoms. The van der Waals surface area contributed by atoms with E-state index in [4.69, 9.17) is 145 Å². The van der Waals surface area contributed by atoms with E-state index in [0.717, 1.165) is 50.8 Å². The zero-order chi connectivity index (χ0) is 96.1. The average Bonchev–Trinajstić information content (AvgIpc) is 1.67. The number of carbonyl (C=O) groups is 3. The number of anilines is 4. The van der Waals surface area contributed by atoms with Gasteiger partial charge in [-0.2, -0.15) is 29.9 Å². The molecule has 4 saturated heterocycles. The summed E-state index contributed by atoms with van der Waals surface area (Å²) in [6.07, 6.45) is 10.7. The number of nitrogens with two attached hydrogens (primary N) is 4. The molecule has 0 atom stereocenters. The topological polar surface area (TPSA) is 679 Å². The fraction of sp³-hybridized carbons (Fsp3) is 0.705. The van der Waals surface area contributed by atoms with Crippen molar-refractivity contribution in [1.82, 2.24) is 78.5 Å². The lowest BCUT2D eigenvalue weighted by Gasteiger charge is -2.35. The van der Waals surface area contributed by atoms with Gasteiger partial charge in [0, 0.05) is 124 Å². The van der Waals surface area contributed by atoms with Gasteiger partial charge in [0.05, 0.1) is 104 Å². The Morgan fingerprint density at radius 2 is 0.876 bits per heavy atom. The molecule has 0 aliphatic carbocycles. The lowest BCUT2D eigenvalue weighted by Crippen LogP contribution is -2.39. The Balaban J connectivity index is 0.000000311. The number of alkyl halides is 1. The Kier molecular flexibility index (Phi) is 49.8. The Hall–Kier alpha value is -9.15. The van der Waals surface area contributed by atoms with Gasteiger partial charge in [-0.3, -0.25) is 14.4 Å². The molecule has 129 heavy (non-hydrogen) atoms. The molecule has 4 fully saturated rings. The molecule has 0 unspecified atom stereocenters. The third-order valence-electron chi connectivity index (χ3n) is 19.0. The van der Waals surface area contributed by atoms with E-state index in [9.17, 15) is 14.4 Å². The van der Waals surface area contributed by atoms with Crippen molar-refractivity contribution in [1.29, 1.82) is 0 Å². The van der Waals surface area contributed by atoms with E-state index in [0.29, 0.717) is 139 Å². The van der Waals surface area contributed by atoms with Gasteiger partial charge in [0.25, 0.3) is 0 Å². The number of carbonyl (C=O) groups excluding carboxylic acids is 3. The van der Waals surface area contributed by atoms with Gasteiger partial charge in [0.1, 0.15) is 22.1 Å². The predicted molar refractivity (Wildman–Crippen MR) is 478 cm³/mol. The first-order valence-corrected chi connectivity index (χ1v) is 43.3. The Labute approximate surface area is 764 Å². The van der Waals surface area contributed by atoms with Crippen molar-refractivity contribution >= 4 is 137 Å². The van der Waals surface area contributed by atoms with Crippen molar-refractivity contribution in [2.24, 2.45) is 51.7 Å². The van der Waals surface area contributed by atoms with E-state index in [1.54, 1.807) is 52.2 Å². The fourth-order valence-electron chi connectivity index (χ4n) is 11.1. The van der Waals surface area contributed by atoms with E-state index in [-0.39, 0.29) is 124 Å². The summed E-state index contributed by atoms with van der Waals surface area (Å²) in [5.41, 5.74) is 43.4. The van der Waals surface area contributed by atoms with Gasteiger partial charge in [-0.05, 0) is 150 Å². The number of aliphatic hydroxyl groups is 6. The minimum Gasteiger partial charge on any atom is -0.466 e. The summed E-state index contributed by atoms with van der Waals surface area (Å²) >= 11 is 15.1. The number of hydrogen-bond acceptors (Lipinski definition) is 40. The molecule has 8 aromatic heterocycles. The van der Waals surface area contributed by atoms with Gasteiger partial charge >= 0.3 is 17.9 Å². The first kappa shape index (κ1) is 112. The number of aromatic amines is 1. The number of nitrogens with zero attached hydrogens (tertiary/aromatic N) is 21. The molecule has 4 aliphatic rings. The van der Waals surface area contributed by atoms with Crippen molar-refractivity contribution in [3.63, 3.8) is 0 Å². The van der Waals surface area contributed by atoms with Crippen LogP contribution in [0.2, 0.25) is 10.3 Å². The Morgan fingerprint density at radius 1 is 0.519 bits per heavy atom. The summed E-state index contributed by atoms with van der Waals surface area (Å²) in [6.45, 7) is 32.1. The summed E-state index contributed by atoms with van der Waals surface area (Å²) in [4.78, 5) is 90.4. The molecule has 12 heterocycles. The highest BCUT2D eigenvalue weighted by atomic mass is 79.9. The number of azide groups is 2. The molecule has 12 rings (SSSR count). The minimum absolute atomic E-state index is 0.0116. The highest BCUT2D eigenvalue weighted by molar-refractivity contribution is 9.09. The summed E-state index contributed by atoms with van der Waals surface area (Å²) < 4.78 is 73.7. The predicted octanol–water partition coefficient (Wildman–Crippen LogP) is 8.53. The molecule has 48 nitrogen and oxygen atoms in total. The number of imidazole rings is 4. The molecule has 0 bridgehead atoms. The second-order valence-electron chi connectivity index (χ2n) is 31.1. The largest absolute Gasteiger partial charge is 0.466 e. The fourth-order valence-corrected chi connectivity index (χ4v) is 12.2. The summed E-state index contributed by atoms with van der Waals surface area (Å²) in [5.74, 6) is -3.79. The monoisotopic (exact) mass is 1930 g/mol. The molecular formula is C78H127BrCl2N26O22. The molecule has 722 valence electrons. The second-order valence-corrected chi connectivity index (χ2v) is 32.6. The van der Waals surface area contributed by atoms with Crippen LogP contribution in [0.25, 0.3) is 65.5 Å². The van der Waals surface area contributed by atoms with Crippen molar-refractivity contribution in [2.45, 2.75) is 184 Å². The standard InChI is InChI=1S/C13H18ClN5O2.C13H18N8O2.C11H18O6.C10H14N8O2.C8H15BrO2.C8H16O3.C5H4ClN5.C5H12O3.C5H12O2/c1-13(2)20-5-8(6-21-13)3-4-19-7-16-9-10(14)17-12(15)18-11(9)19;1-13(2)22-5-8(6-23-13)3-4-21-7-16-9-10(19-20-15)17-12(14)18-11(9)21;1-4-15-9(12)7-8(10(13)16-5-2)11(14)17-6-3;11-10-14-8(16-17-12)7-9(15-10)18(5-13-7)2-1-6(3-19)4-20;2*1-8(2)10-5-7(3-4-9)6-11-8;6-3-2-4(9-1-8-2)11-5(7)10-3;6-2-1-5(3-7)4-8;1-5(2,6-3)7-4/h7-8H,3-6H2,1-2H3,(H2,15,17,18);7-8H,3-6H2,1-2H3,(H2,14,17,18);8H,4-7H2,1-3H3;5-6,19-20H,1-4H2,(H2,11,14,15);7H,3-6H2,1-2H3;7,9H,3-6H2,1-2H3;1H,(H3,7,8,9,10,11);5-8H,1-4H2;1-4H3. The molecule has 0 saturated carbocycles. The van der Waals surface area contributed by atoms with Gasteiger partial charge in [0.15, 0.2) is 79.4 Å². The van der Waals surface area contributed by atoms with Crippen LogP contribution in [0, 0.1) is 41.4 Å². The summed E-state index contributed by atoms with van der Waals surface area (Å²) in [5, 5.41) is 60.3. The number of hydrogen-bond donors (Lipinski definition) is 11. The molecule has 0 radical (unpaired) electrons. The first-order valence-electron chi connectivity index (χ1n) is 41.4. The molecule has 0 spiro atoms. The number of fused-ring (bicyclic) bond motifs is 4. The molecule has 4 aliphatic heterocycles. The van der Waals surface area contributed by atoms with Crippen LogP contribution in [0.5, 0.6) is 0 Å². The third kappa shape index (κ3) is 40.2. The maximum atomic E-state index is 11.5. The van der Waals surface area contributed by atoms with Crippen molar-refractivity contribution < 1.29 is 107 Å². The van der Waals surface area contributed by atoms with Gasteiger partial charge < -0.3 is 134 Å². The lowest BCUT2D eigenvalue weighted by molar-refractivity contribution is -0.263. The van der Waals surface area contributed by atoms with E-state index < -0.39 is 47.0 Å². The maximum Gasteiger partial charge on any atom is 0.320 e. The normalized spacial score (nSPS) is 15.9. The van der Waals surface area contributed by atoms with Crippen LogP contribution < -0.4 is 22.9 Å². The number of nitrogen functional groups attached to an aromatic ring is 4. The number of aryl methyl sites for hydroxylation is 3. The number of ether oxygens (including phenoxy) is 13. The highest BCUT2D eigenvalue weighted by Gasteiger charge is 2.35. The number of methoxy groups -OCH3 is 2. The summed E-state index contributed by atoms with van der Waals surface area (Å²) in [6, 6.07) is 0. The number of halogens is 3. The van der Waals surface area contributed by atoms with Crippen molar-refractivity contribution in [2.75, 3.05) is 155 Å². The number of H-pyrrole nitrogens is 1. The lowest BCUT2D eigenvalue weighted by atomic mass is 10.1. The number of rotatable bonds is 30. The van der Waals surface area contributed by atoms with Crippen LogP contribution in [0.1, 0.15) is 135 Å². The van der Waals surface area contributed by atoms with Crippen LogP contribution in [-0.2, 0) is 95.6 Å². The average molecular weight is 1930 g/mol. The van der Waals surface area contributed by atoms with Gasteiger partial charge in [0.2, 0.25) is 23.8 Å². The van der Waals surface area contributed by atoms with Crippen LogP contribution in [-0.4, -0.2) is 288 Å². The molecule has 0 amide bonds. The third-order valence-corrected chi connectivity index (χ3v) is 20.0. The quantitative estimate of drug-likeness (QED) is 0.00231. The van der Waals surface area contributed by atoms with Gasteiger partial charge in [-0.1, -0.05) is 39.1 Å². The number of esters is 3. The van der Waals surface area contributed by atoms with Gasteiger partial charge in [-0.25, -0.2) is 29.9 Å². The maximum absolute atomic E-state index is 11.5. The SMILES string of the molecule is CC1(C)OCC(CCBr)CO1.CC1(C)OCC(CCO)CO1.CC1(C)OCC(CCn2cnc3c(Cl)nc(N)nc32)CO1.CC1(C)OCC(CCn2cnc3c(N=[N+]=[N-])nc(N)nc32)CO1.CCOC(=O)CC(C(=O)OCC)C(=O)OCC.COC(C)(C)OC.Nc1nc(Cl)c2[nH]cnc2n1.OCCC(CO)CO.[N-]=[N+]=Nc1nc(N)nc2c1ncn2CCC(CO)CO. The van der Waals surface area contributed by atoms with Crippen LogP contribution >= 0.6 is 39.1 Å². The second kappa shape index (κ2) is 57.2. The van der Waals surface area contributed by atoms with E-state index in [1.807, 2.05) is 78.4 Å². The Bertz CT molecular complexity index is 4670. The van der Waals surface area contributed by atoms with Crippen LogP contribution in [0.4, 0.5) is 35.4 Å². The molecular weight excluding hydrogens is 1800 g/mol. The van der Waals surface area contributed by atoms with Crippen LogP contribution in [0.3, 0.4) is 0 Å². The molecule has 15 N–H and O–H groups in total. The van der Waals surface area contributed by atoms with E-state index >= 15 is 0 Å². The zero-order valence-corrected chi connectivity index (χ0v) is 78.8. The highest BCUT2D eigenvalue weighted by Crippen LogP contribution is 2.30. The molecule has 0 aromatic carbocycles. The Morgan fingerprint density at radius 3 is 1.23 bits per heavy atom. The number of aromatic nitrogens is 16. The molecule has 8 aromatic rings.